The van der Waals surface area contributed by atoms with Gasteiger partial charge in [0, 0.05) is 27.3 Å². The van der Waals surface area contributed by atoms with Gasteiger partial charge >= 0.3 is 0 Å². The maximum Gasteiger partial charge on any atom is 0.0541 e. The van der Waals surface area contributed by atoms with Crippen molar-refractivity contribution < 1.29 is 0 Å². The average molecular weight is 684 g/mol. The molecule has 0 radical (unpaired) electrons. The summed E-state index contributed by atoms with van der Waals surface area (Å²) in [6.45, 7) is 9.56. The second kappa shape index (κ2) is 11.9. The largest absolute Gasteiger partial charge is 0.309 e. The van der Waals surface area contributed by atoms with Crippen molar-refractivity contribution in [3.8, 4) is 27.9 Å². The molecule has 0 fully saturated rings. The van der Waals surface area contributed by atoms with Crippen LogP contribution in [-0.2, 0) is 23.7 Å². The van der Waals surface area contributed by atoms with E-state index in [-0.39, 0.29) is 10.8 Å². The van der Waals surface area contributed by atoms with Gasteiger partial charge < -0.3 is 4.57 Å². The number of hydrogen-bond acceptors (Lipinski definition) is 0. The Morgan fingerprint density at radius 3 is 1.70 bits per heavy atom. The minimum Gasteiger partial charge on any atom is -0.309 e. The first-order valence-electron chi connectivity index (χ1n) is 19.3. The lowest BCUT2D eigenvalue weighted by Gasteiger charge is -2.24. The maximum atomic E-state index is 2.53. The Kier molecular flexibility index (Phi) is 7.21. The average Bonchev–Trinajstić information content (AvgIpc) is 3.73. The van der Waals surface area contributed by atoms with E-state index in [1.54, 1.807) is 0 Å². The fraction of sp³-hybridized carbons (Fsp3) is 0.192. The molecule has 0 bridgehead atoms. The van der Waals surface area contributed by atoms with Gasteiger partial charge in [0.2, 0.25) is 0 Å². The van der Waals surface area contributed by atoms with Crippen LogP contribution in [0.15, 0.2) is 158 Å². The minimum atomic E-state index is -0.00952. The molecule has 0 amide bonds. The second-order valence-corrected chi connectivity index (χ2v) is 16.5. The molecule has 7 aromatic carbocycles. The second-order valence-electron chi connectivity index (χ2n) is 16.5. The number of nitrogens with zero attached hydrogens (tertiary/aromatic N) is 1. The number of benzene rings is 7. The maximum absolute atomic E-state index is 2.53. The molecule has 1 atom stereocenters. The van der Waals surface area contributed by atoms with Crippen LogP contribution < -0.4 is 0 Å². The lowest BCUT2D eigenvalue weighted by molar-refractivity contribution is 0.615. The summed E-state index contributed by atoms with van der Waals surface area (Å²) in [4.78, 5) is 0. The van der Waals surface area contributed by atoms with Crippen LogP contribution in [0.1, 0.15) is 79.0 Å². The van der Waals surface area contributed by atoms with E-state index >= 15 is 0 Å². The molecule has 53 heavy (non-hydrogen) atoms. The van der Waals surface area contributed by atoms with Gasteiger partial charge in [-0.3, -0.25) is 0 Å². The van der Waals surface area contributed by atoms with Crippen LogP contribution in [-0.4, -0.2) is 4.57 Å². The number of rotatable bonds is 7. The minimum absolute atomic E-state index is 0.00807. The molecule has 1 heterocycles. The fourth-order valence-electron chi connectivity index (χ4n) is 9.90. The molecule has 2 aliphatic rings. The molecule has 0 aliphatic heterocycles. The van der Waals surface area contributed by atoms with Crippen LogP contribution in [0.4, 0.5) is 0 Å². The predicted octanol–water partition coefficient (Wildman–Crippen LogP) is 13.4. The normalized spacial score (nSPS) is 15.2. The van der Waals surface area contributed by atoms with Crippen molar-refractivity contribution in [2.24, 2.45) is 0 Å². The van der Waals surface area contributed by atoms with Crippen molar-refractivity contribution in [2.75, 3.05) is 0 Å². The van der Waals surface area contributed by atoms with Crippen molar-refractivity contribution in [1.82, 2.24) is 4.57 Å². The van der Waals surface area contributed by atoms with Gasteiger partial charge in [0.1, 0.15) is 0 Å². The summed E-state index contributed by atoms with van der Waals surface area (Å²) >= 11 is 0. The highest BCUT2D eigenvalue weighted by atomic mass is 15.0. The third kappa shape index (κ3) is 4.97. The Balaban J connectivity index is 1.05. The zero-order valence-electron chi connectivity index (χ0n) is 31.2. The Hall–Kier alpha value is -5.66. The molecular weight excluding hydrogens is 639 g/mol. The molecule has 8 aromatic rings. The van der Waals surface area contributed by atoms with Gasteiger partial charge in [-0.25, -0.2) is 0 Å². The summed E-state index contributed by atoms with van der Waals surface area (Å²) in [6.07, 6.45) is 3.12. The molecule has 10 rings (SSSR count). The fourth-order valence-corrected chi connectivity index (χ4v) is 9.90. The van der Waals surface area contributed by atoms with Crippen molar-refractivity contribution in [3.05, 3.63) is 197 Å². The van der Waals surface area contributed by atoms with Crippen LogP contribution >= 0.6 is 0 Å². The highest BCUT2D eigenvalue weighted by molar-refractivity contribution is 6.09. The number of hydrogen-bond donors (Lipinski definition) is 0. The summed E-state index contributed by atoms with van der Waals surface area (Å²) in [5, 5.41) is 2.64. The Morgan fingerprint density at radius 1 is 0.453 bits per heavy atom. The van der Waals surface area contributed by atoms with E-state index in [0.717, 1.165) is 19.3 Å². The summed E-state index contributed by atoms with van der Waals surface area (Å²) in [5.41, 5.74) is 19.3. The van der Waals surface area contributed by atoms with E-state index in [4.69, 9.17) is 0 Å². The van der Waals surface area contributed by atoms with Crippen LogP contribution in [0.5, 0.6) is 0 Å². The molecule has 258 valence electrons. The summed E-state index contributed by atoms with van der Waals surface area (Å²) in [6, 6.07) is 59.5. The summed E-state index contributed by atoms with van der Waals surface area (Å²) in [5.74, 6) is 0.363. The van der Waals surface area contributed by atoms with Crippen LogP contribution in [0.3, 0.4) is 0 Å². The number of aromatic nitrogens is 1. The third-order valence-electron chi connectivity index (χ3n) is 12.7. The van der Waals surface area contributed by atoms with Crippen molar-refractivity contribution in [1.29, 1.82) is 0 Å². The molecule has 0 saturated carbocycles. The lowest BCUT2D eigenvalue weighted by Crippen LogP contribution is -2.15. The highest BCUT2D eigenvalue weighted by Gasteiger charge is 2.36. The zero-order valence-corrected chi connectivity index (χ0v) is 31.2. The van der Waals surface area contributed by atoms with Gasteiger partial charge in [0.05, 0.1) is 11.0 Å². The van der Waals surface area contributed by atoms with Crippen LogP contribution in [0, 0.1) is 0 Å². The Morgan fingerprint density at radius 2 is 1.00 bits per heavy atom. The first kappa shape index (κ1) is 32.0. The van der Waals surface area contributed by atoms with Gasteiger partial charge in [-0.1, -0.05) is 155 Å². The molecule has 0 spiro atoms. The number of aryl methyl sites for hydroxylation is 1. The molecule has 1 aromatic heterocycles. The smallest absolute Gasteiger partial charge is 0.0541 e. The molecule has 1 unspecified atom stereocenters. The molecule has 1 heteroatoms. The third-order valence-corrected chi connectivity index (χ3v) is 12.7. The molecule has 0 N–H and O–H groups in total. The first-order valence-corrected chi connectivity index (χ1v) is 19.3. The SMILES string of the molecule is CC1(C)c2ccccc2-c2ccc(CCC(Cc3ccc4c(c3)C(C)(C)c3ccccc3-4)c3ccc4c(c3)c3ccccc3n4-c3ccccc3)cc21. The van der Waals surface area contributed by atoms with E-state index in [1.807, 2.05) is 0 Å². The van der Waals surface area contributed by atoms with E-state index < -0.39 is 0 Å². The highest BCUT2D eigenvalue weighted by Crippen LogP contribution is 2.50. The monoisotopic (exact) mass is 683 g/mol. The van der Waals surface area contributed by atoms with Gasteiger partial charge in [-0.05, 0) is 117 Å². The molecular formula is C52H45N. The Labute approximate surface area is 313 Å². The molecule has 0 saturated heterocycles. The first-order chi connectivity index (χ1) is 25.8. The van der Waals surface area contributed by atoms with Crippen molar-refractivity contribution in [2.45, 2.75) is 63.7 Å². The molecule has 1 nitrogen and oxygen atoms in total. The quantitative estimate of drug-likeness (QED) is 0.158. The van der Waals surface area contributed by atoms with Gasteiger partial charge in [0.25, 0.3) is 0 Å². The predicted molar refractivity (Wildman–Crippen MR) is 224 cm³/mol. The topological polar surface area (TPSA) is 4.93 Å². The van der Waals surface area contributed by atoms with Crippen molar-refractivity contribution in [3.63, 3.8) is 0 Å². The summed E-state index contributed by atoms with van der Waals surface area (Å²) < 4.78 is 2.42. The van der Waals surface area contributed by atoms with E-state index in [2.05, 4.69) is 190 Å². The van der Waals surface area contributed by atoms with E-state index in [1.165, 1.54) is 88.7 Å². The Bertz CT molecular complexity index is 2700. The van der Waals surface area contributed by atoms with Gasteiger partial charge in [0.15, 0.2) is 0 Å². The number of fused-ring (bicyclic) bond motifs is 9. The lowest BCUT2D eigenvalue weighted by atomic mass is 9.80. The van der Waals surface area contributed by atoms with Gasteiger partial charge in [-0.2, -0.15) is 0 Å². The van der Waals surface area contributed by atoms with Crippen LogP contribution in [0.25, 0.3) is 49.7 Å². The van der Waals surface area contributed by atoms with Gasteiger partial charge in [-0.15, -0.1) is 0 Å². The van der Waals surface area contributed by atoms with Crippen LogP contribution in [0.2, 0.25) is 0 Å². The van der Waals surface area contributed by atoms with Crippen molar-refractivity contribution >= 4 is 21.8 Å². The summed E-state index contributed by atoms with van der Waals surface area (Å²) in [7, 11) is 0. The zero-order chi connectivity index (χ0) is 35.9. The number of para-hydroxylation sites is 2. The molecule has 2 aliphatic carbocycles. The van der Waals surface area contributed by atoms with E-state index in [0.29, 0.717) is 5.92 Å². The standard InChI is InChI=1S/C52H45N/c1-51(2)45-19-11-8-16-39(45)41-27-23-34(31-47(41)51)22-25-36(30-35-24-28-42-40-17-9-12-20-46(40)52(3,4)48(42)32-35)37-26-29-50-44(33-37)43-18-10-13-21-49(43)53(50)38-14-6-5-7-15-38/h5-21,23-24,26-29,31-33,36H,22,25,30H2,1-4H3. The van der Waals surface area contributed by atoms with E-state index in [9.17, 15) is 0 Å².